The molecular weight excluding hydrogens is 425 g/mol. The minimum Gasteiger partial charge on any atom is -0.496 e. The Morgan fingerprint density at radius 2 is 1.90 bits per heavy atom. The first-order valence-electron chi connectivity index (χ1n) is 9.89. The minimum atomic E-state index is -0.521. The zero-order chi connectivity index (χ0) is 22.1. The van der Waals surface area contributed by atoms with E-state index in [1.54, 1.807) is 28.9 Å². The summed E-state index contributed by atoms with van der Waals surface area (Å²) in [5, 5.41) is 0.399. The van der Waals surface area contributed by atoms with Gasteiger partial charge in [-0.05, 0) is 6.07 Å². The van der Waals surface area contributed by atoms with Gasteiger partial charge in [0, 0.05) is 55.3 Å². The number of hydrogen-bond acceptors (Lipinski definition) is 7. The molecule has 1 aliphatic rings. The smallest absolute Gasteiger partial charge is 0.189 e. The largest absolute Gasteiger partial charge is 0.496 e. The lowest BCUT2D eigenvalue weighted by Gasteiger charge is -2.32. The van der Waals surface area contributed by atoms with Gasteiger partial charge in [-0.3, -0.25) is 0 Å². The molecule has 2 aromatic heterocycles. The topological polar surface area (TPSA) is 100 Å². The SMILES string of the molecule is COc1cc(OC)c(-c2cn3cc(C(N)CN)c(N4CCOCC4)c(F)c3n2)cc1Cl. The van der Waals surface area contributed by atoms with Crippen LogP contribution in [-0.4, -0.2) is 56.5 Å². The van der Waals surface area contributed by atoms with E-state index in [1.165, 1.54) is 14.2 Å². The van der Waals surface area contributed by atoms with Crippen LogP contribution >= 0.6 is 11.6 Å². The lowest BCUT2D eigenvalue weighted by Crippen LogP contribution is -2.38. The van der Waals surface area contributed by atoms with Crippen molar-refractivity contribution in [2.24, 2.45) is 11.5 Å². The molecule has 31 heavy (non-hydrogen) atoms. The zero-order valence-electron chi connectivity index (χ0n) is 17.4. The number of benzene rings is 1. The second-order valence-corrected chi connectivity index (χ2v) is 7.64. The number of rotatable bonds is 6. The second kappa shape index (κ2) is 8.88. The fraction of sp³-hybridized carbons (Fsp3) is 0.381. The van der Waals surface area contributed by atoms with Crippen molar-refractivity contribution in [2.45, 2.75) is 6.04 Å². The number of nitrogens with zero attached hydrogens (tertiary/aromatic N) is 3. The van der Waals surface area contributed by atoms with E-state index in [-0.39, 0.29) is 12.2 Å². The Kier molecular flexibility index (Phi) is 6.19. The summed E-state index contributed by atoms with van der Waals surface area (Å²) in [5.41, 5.74) is 14.4. The standard InChI is InChI=1S/C21H25ClFN5O3/c1-29-17-8-18(30-2)14(22)7-12(17)16-11-28-10-13(15(25)9-24)20(19(23)21(28)26-16)27-3-5-31-6-4-27/h7-8,10-11,15H,3-6,9,24-25H2,1-2H3. The highest BCUT2D eigenvalue weighted by atomic mass is 35.5. The van der Waals surface area contributed by atoms with Crippen LogP contribution in [0.3, 0.4) is 0 Å². The molecule has 0 spiro atoms. The highest BCUT2D eigenvalue weighted by Gasteiger charge is 2.26. The number of hydrogen-bond donors (Lipinski definition) is 2. The van der Waals surface area contributed by atoms with Gasteiger partial charge in [-0.1, -0.05) is 11.6 Å². The van der Waals surface area contributed by atoms with Gasteiger partial charge in [0.15, 0.2) is 11.5 Å². The number of fused-ring (bicyclic) bond motifs is 1. The van der Waals surface area contributed by atoms with E-state index in [9.17, 15) is 0 Å². The second-order valence-electron chi connectivity index (χ2n) is 7.23. The van der Waals surface area contributed by atoms with Crippen LogP contribution in [0, 0.1) is 5.82 Å². The van der Waals surface area contributed by atoms with E-state index in [0.29, 0.717) is 65.3 Å². The van der Waals surface area contributed by atoms with Gasteiger partial charge in [-0.2, -0.15) is 0 Å². The Bertz CT molecular complexity index is 1100. The van der Waals surface area contributed by atoms with Crippen molar-refractivity contribution in [1.29, 1.82) is 0 Å². The van der Waals surface area contributed by atoms with E-state index in [0.717, 1.165) is 0 Å². The summed E-state index contributed by atoms with van der Waals surface area (Å²) in [5.74, 6) is 0.536. The van der Waals surface area contributed by atoms with Gasteiger partial charge in [0.2, 0.25) is 0 Å². The third-order valence-electron chi connectivity index (χ3n) is 5.42. The number of aromatic nitrogens is 2. The van der Waals surface area contributed by atoms with Crippen molar-refractivity contribution in [3.63, 3.8) is 0 Å². The van der Waals surface area contributed by atoms with Crippen molar-refractivity contribution in [3.8, 4) is 22.8 Å². The van der Waals surface area contributed by atoms with E-state index in [4.69, 9.17) is 37.3 Å². The Hall–Kier alpha value is -2.59. The third-order valence-corrected chi connectivity index (χ3v) is 5.71. The molecule has 1 unspecified atom stereocenters. The number of nitrogens with two attached hydrogens (primary N) is 2. The van der Waals surface area contributed by atoms with E-state index < -0.39 is 11.9 Å². The lowest BCUT2D eigenvalue weighted by atomic mass is 10.1. The number of halogens is 2. The van der Waals surface area contributed by atoms with Crippen molar-refractivity contribution in [2.75, 3.05) is 52.0 Å². The molecule has 166 valence electrons. The van der Waals surface area contributed by atoms with Gasteiger partial charge in [-0.25, -0.2) is 9.37 Å². The molecule has 0 bridgehead atoms. The van der Waals surface area contributed by atoms with Crippen molar-refractivity contribution in [3.05, 3.63) is 40.9 Å². The quantitative estimate of drug-likeness (QED) is 0.596. The van der Waals surface area contributed by atoms with Gasteiger partial charge in [0.05, 0.1) is 43.8 Å². The summed E-state index contributed by atoms with van der Waals surface area (Å²) < 4.78 is 33.6. The zero-order valence-corrected chi connectivity index (χ0v) is 18.2. The molecule has 4 rings (SSSR count). The summed E-state index contributed by atoms with van der Waals surface area (Å²) in [6.07, 6.45) is 3.50. The predicted octanol–water partition coefficient (Wildman–Crippen LogP) is 2.61. The highest BCUT2D eigenvalue weighted by Crippen LogP contribution is 2.39. The number of pyridine rings is 1. The van der Waals surface area contributed by atoms with Crippen LogP contribution < -0.4 is 25.8 Å². The van der Waals surface area contributed by atoms with Gasteiger partial charge >= 0.3 is 0 Å². The Balaban J connectivity index is 1.90. The van der Waals surface area contributed by atoms with Crippen LogP contribution in [0.1, 0.15) is 11.6 Å². The van der Waals surface area contributed by atoms with Crippen LogP contribution in [0.2, 0.25) is 5.02 Å². The van der Waals surface area contributed by atoms with Gasteiger partial charge in [0.1, 0.15) is 11.5 Å². The number of morpholine rings is 1. The summed E-state index contributed by atoms with van der Waals surface area (Å²) in [4.78, 5) is 6.48. The van der Waals surface area contributed by atoms with Gasteiger partial charge in [0.25, 0.3) is 0 Å². The van der Waals surface area contributed by atoms with E-state index in [2.05, 4.69) is 4.98 Å². The summed E-state index contributed by atoms with van der Waals surface area (Å²) in [7, 11) is 3.06. The third kappa shape index (κ3) is 3.89. The molecule has 3 heterocycles. The van der Waals surface area contributed by atoms with Gasteiger partial charge < -0.3 is 35.0 Å². The van der Waals surface area contributed by atoms with Crippen molar-refractivity contribution in [1.82, 2.24) is 9.38 Å². The molecule has 0 aliphatic carbocycles. The van der Waals surface area contributed by atoms with Crippen LogP contribution in [0.5, 0.6) is 11.5 Å². The number of methoxy groups -OCH3 is 2. The molecule has 1 saturated heterocycles. The fourth-order valence-electron chi connectivity index (χ4n) is 3.79. The lowest BCUT2D eigenvalue weighted by molar-refractivity contribution is 0.122. The average molecular weight is 450 g/mol. The highest BCUT2D eigenvalue weighted by molar-refractivity contribution is 6.32. The molecule has 0 amide bonds. The molecular formula is C21H25ClFN5O3. The minimum absolute atomic E-state index is 0.179. The van der Waals surface area contributed by atoms with E-state index >= 15 is 4.39 Å². The molecule has 10 heteroatoms. The number of anilines is 1. The monoisotopic (exact) mass is 449 g/mol. The average Bonchev–Trinajstić information content (AvgIpc) is 3.23. The van der Waals surface area contributed by atoms with Crippen LogP contribution in [0.25, 0.3) is 16.9 Å². The van der Waals surface area contributed by atoms with E-state index in [1.807, 2.05) is 4.90 Å². The fourth-order valence-corrected chi connectivity index (χ4v) is 4.04. The van der Waals surface area contributed by atoms with Crippen molar-refractivity contribution < 1.29 is 18.6 Å². The molecule has 0 saturated carbocycles. The first kappa shape index (κ1) is 21.6. The molecule has 1 aliphatic heterocycles. The maximum Gasteiger partial charge on any atom is 0.189 e. The molecule has 8 nitrogen and oxygen atoms in total. The number of ether oxygens (including phenoxy) is 3. The predicted molar refractivity (Wildman–Crippen MR) is 118 cm³/mol. The molecule has 3 aromatic rings. The Morgan fingerprint density at radius 1 is 1.19 bits per heavy atom. The normalized spacial score (nSPS) is 15.4. The van der Waals surface area contributed by atoms with Crippen LogP contribution in [-0.2, 0) is 4.74 Å². The Morgan fingerprint density at radius 3 is 2.55 bits per heavy atom. The number of imidazole rings is 1. The first-order chi connectivity index (χ1) is 15.0. The van der Waals surface area contributed by atoms with Crippen LogP contribution in [0.15, 0.2) is 24.5 Å². The summed E-state index contributed by atoms with van der Waals surface area (Å²) in [6.45, 7) is 2.35. The Labute approximate surface area is 184 Å². The van der Waals surface area contributed by atoms with Crippen LogP contribution in [0.4, 0.5) is 10.1 Å². The maximum atomic E-state index is 15.8. The first-order valence-corrected chi connectivity index (χ1v) is 10.3. The summed E-state index contributed by atoms with van der Waals surface area (Å²) >= 11 is 6.31. The molecule has 0 radical (unpaired) electrons. The molecule has 1 fully saturated rings. The van der Waals surface area contributed by atoms with Crippen molar-refractivity contribution >= 4 is 22.9 Å². The molecule has 4 N–H and O–H groups in total. The molecule has 1 aromatic carbocycles. The maximum absolute atomic E-state index is 15.8. The molecule has 1 atom stereocenters. The van der Waals surface area contributed by atoms with Gasteiger partial charge in [-0.15, -0.1) is 0 Å². The summed E-state index contributed by atoms with van der Waals surface area (Å²) in [6, 6.07) is 2.84.